The Balaban J connectivity index is 2.18. The summed E-state index contributed by atoms with van der Waals surface area (Å²) in [5.41, 5.74) is 1.15. The maximum Gasteiger partial charge on any atom is 0.573 e. The van der Waals surface area contributed by atoms with Gasteiger partial charge in [-0.05, 0) is 25.1 Å². The molecule has 0 spiro atoms. The standard InChI is InChI=1S/C17H12F3N3O5S/c1-2-27-16(26)10-6-21-11-4-3-8(28-17(18,19)20)5-9(11)12(10)23-14-13(15(24)25)22-7-29-14/h3-7H,2H2,1H3,(H,21,23)(H,24,25). The Labute approximate surface area is 164 Å². The van der Waals surface area contributed by atoms with Gasteiger partial charge in [-0.1, -0.05) is 0 Å². The molecule has 0 radical (unpaired) electrons. The average Bonchev–Trinajstić information content (AvgIpc) is 3.09. The number of anilines is 2. The molecule has 0 saturated carbocycles. The highest BCUT2D eigenvalue weighted by Gasteiger charge is 2.31. The zero-order chi connectivity index (χ0) is 21.2. The third-order valence-corrected chi connectivity index (χ3v) is 4.32. The Morgan fingerprint density at radius 1 is 1.28 bits per heavy atom. The third kappa shape index (κ3) is 4.54. The van der Waals surface area contributed by atoms with E-state index in [1.54, 1.807) is 6.92 Å². The molecule has 2 aromatic heterocycles. The van der Waals surface area contributed by atoms with Gasteiger partial charge >= 0.3 is 18.3 Å². The number of halogens is 3. The molecule has 0 aliphatic carbocycles. The van der Waals surface area contributed by atoms with Gasteiger partial charge in [0.1, 0.15) is 16.3 Å². The van der Waals surface area contributed by atoms with Crippen LogP contribution in [0.5, 0.6) is 5.75 Å². The summed E-state index contributed by atoms with van der Waals surface area (Å²) in [7, 11) is 0. The molecule has 0 saturated heterocycles. The normalized spacial score (nSPS) is 11.3. The number of pyridine rings is 1. The first kappa shape index (κ1) is 20.3. The van der Waals surface area contributed by atoms with Crippen molar-refractivity contribution in [3.05, 3.63) is 41.2 Å². The second-order valence-corrected chi connectivity index (χ2v) is 6.31. The van der Waals surface area contributed by atoms with Gasteiger partial charge in [0.15, 0.2) is 5.69 Å². The SMILES string of the molecule is CCOC(=O)c1cnc2ccc(OC(F)(F)F)cc2c1Nc1scnc1C(=O)O. The lowest BCUT2D eigenvalue weighted by atomic mass is 10.1. The summed E-state index contributed by atoms with van der Waals surface area (Å²) < 4.78 is 46.7. The summed E-state index contributed by atoms with van der Waals surface area (Å²) in [4.78, 5) is 31.4. The number of nitrogens with one attached hydrogen (secondary N) is 1. The highest BCUT2D eigenvalue weighted by atomic mass is 32.1. The van der Waals surface area contributed by atoms with Gasteiger partial charge in [0, 0.05) is 11.6 Å². The number of carboxylic acids is 1. The molecular formula is C17H12F3N3O5S. The molecule has 12 heteroatoms. The van der Waals surface area contributed by atoms with Gasteiger partial charge in [0.05, 0.1) is 23.3 Å². The number of esters is 1. The zero-order valence-corrected chi connectivity index (χ0v) is 15.4. The average molecular weight is 427 g/mol. The molecule has 3 aromatic rings. The fourth-order valence-electron chi connectivity index (χ4n) is 2.47. The van der Waals surface area contributed by atoms with E-state index in [9.17, 15) is 27.9 Å². The first-order valence-corrected chi connectivity index (χ1v) is 8.87. The Hall–Kier alpha value is -3.41. The number of hydrogen-bond donors (Lipinski definition) is 2. The number of carbonyl (C=O) groups is 2. The van der Waals surface area contributed by atoms with Gasteiger partial charge in [-0.15, -0.1) is 24.5 Å². The fraction of sp³-hybridized carbons (Fsp3) is 0.176. The summed E-state index contributed by atoms with van der Waals surface area (Å²) in [6.45, 7) is 1.63. The van der Waals surface area contributed by atoms with Crippen LogP contribution >= 0.6 is 11.3 Å². The number of ether oxygens (including phenoxy) is 2. The minimum atomic E-state index is -4.92. The smallest absolute Gasteiger partial charge is 0.476 e. The minimum Gasteiger partial charge on any atom is -0.476 e. The number of carboxylic acid groups (broad SMARTS) is 1. The van der Waals surface area contributed by atoms with Crippen LogP contribution in [-0.4, -0.2) is 40.0 Å². The molecule has 0 fully saturated rings. The summed E-state index contributed by atoms with van der Waals surface area (Å²) in [6.07, 6.45) is -3.73. The van der Waals surface area contributed by atoms with Crippen LogP contribution in [0.1, 0.15) is 27.8 Å². The fourth-order valence-corrected chi connectivity index (χ4v) is 3.14. The minimum absolute atomic E-state index is 0.0211. The molecule has 29 heavy (non-hydrogen) atoms. The van der Waals surface area contributed by atoms with Crippen LogP contribution < -0.4 is 10.1 Å². The maximum absolute atomic E-state index is 12.6. The number of fused-ring (bicyclic) bond motifs is 1. The Morgan fingerprint density at radius 3 is 2.69 bits per heavy atom. The predicted octanol–water partition coefficient (Wildman–Crippen LogP) is 4.21. The summed E-state index contributed by atoms with van der Waals surface area (Å²) in [5, 5.41) is 12.2. The second-order valence-electron chi connectivity index (χ2n) is 5.45. The van der Waals surface area contributed by atoms with Crippen molar-refractivity contribution in [2.75, 3.05) is 11.9 Å². The quantitative estimate of drug-likeness (QED) is 0.563. The van der Waals surface area contributed by atoms with E-state index in [0.29, 0.717) is 0 Å². The van der Waals surface area contributed by atoms with Crippen LogP contribution in [0.4, 0.5) is 23.9 Å². The van der Waals surface area contributed by atoms with E-state index in [1.807, 2.05) is 0 Å². The van der Waals surface area contributed by atoms with E-state index < -0.39 is 24.1 Å². The number of rotatable bonds is 6. The van der Waals surface area contributed by atoms with Crippen LogP contribution in [-0.2, 0) is 4.74 Å². The van der Waals surface area contributed by atoms with Gasteiger partial charge in [0.25, 0.3) is 0 Å². The lowest BCUT2D eigenvalue weighted by Crippen LogP contribution is -2.17. The molecule has 1 aromatic carbocycles. The van der Waals surface area contributed by atoms with Crippen LogP contribution in [0.25, 0.3) is 10.9 Å². The topological polar surface area (TPSA) is 111 Å². The first-order valence-electron chi connectivity index (χ1n) is 7.99. The maximum atomic E-state index is 12.6. The molecule has 0 bridgehead atoms. The summed E-state index contributed by atoms with van der Waals surface area (Å²) in [5.74, 6) is -2.63. The Morgan fingerprint density at radius 2 is 2.03 bits per heavy atom. The number of aromatic nitrogens is 2. The van der Waals surface area contributed by atoms with Gasteiger partial charge < -0.3 is 19.9 Å². The first-order chi connectivity index (χ1) is 13.7. The van der Waals surface area contributed by atoms with Crippen molar-refractivity contribution < 1.29 is 37.3 Å². The molecule has 2 N–H and O–H groups in total. The number of aromatic carboxylic acids is 1. The molecule has 152 valence electrons. The van der Waals surface area contributed by atoms with Crippen molar-refractivity contribution in [1.82, 2.24) is 9.97 Å². The lowest BCUT2D eigenvalue weighted by molar-refractivity contribution is -0.274. The van der Waals surface area contributed by atoms with E-state index in [4.69, 9.17) is 4.74 Å². The van der Waals surface area contributed by atoms with Crippen molar-refractivity contribution in [1.29, 1.82) is 0 Å². The molecule has 0 aliphatic heterocycles. The van der Waals surface area contributed by atoms with E-state index in [-0.39, 0.29) is 39.5 Å². The van der Waals surface area contributed by atoms with Crippen molar-refractivity contribution in [3.8, 4) is 5.75 Å². The van der Waals surface area contributed by atoms with Crippen LogP contribution in [0.15, 0.2) is 29.9 Å². The van der Waals surface area contributed by atoms with E-state index >= 15 is 0 Å². The molecule has 2 heterocycles. The Kier molecular flexibility index (Phi) is 5.55. The van der Waals surface area contributed by atoms with Crippen LogP contribution in [0.2, 0.25) is 0 Å². The number of carbonyl (C=O) groups excluding carboxylic acids is 1. The van der Waals surface area contributed by atoms with Crippen molar-refractivity contribution in [3.63, 3.8) is 0 Å². The summed E-state index contributed by atoms with van der Waals surface area (Å²) in [6, 6.07) is 3.40. The van der Waals surface area contributed by atoms with Gasteiger partial charge in [-0.25, -0.2) is 14.6 Å². The number of alkyl halides is 3. The number of thiazole rings is 1. The molecular weight excluding hydrogens is 415 g/mol. The van der Waals surface area contributed by atoms with E-state index in [2.05, 4.69) is 20.0 Å². The highest BCUT2D eigenvalue weighted by Crippen LogP contribution is 2.35. The highest BCUT2D eigenvalue weighted by molar-refractivity contribution is 7.14. The monoisotopic (exact) mass is 427 g/mol. The second kappa shape index (κ2) is 7.91. The number of hydrogen-bond acceptors (Lipinski definition) is 8. The van der Waals surface area contributed by atoms with Gasteiger partial charge in [0.2, 0.25) is 0 Å². The Bertz CT molecular complexity index is 1080. The van der Waals surface area contributed by atoms with E-state index in [1.165, 1.54) is 17.8 Å². The zero-order valence-electron chi connectivity index (χ0n) is 14.6. The number of nitrogens with zero attached hydrogens (tertiary/aromatic N) is 2. The molecule has 8 nitrogen and oxygen atoms in total. The van der Waals surface area contributed by atoms with Crippen LogP contribution in [0, 0.1) is 0 Å². The van der Waals surface area contributed by atoms with Gasteiger partial charge in [-0.2, -0.15) is 0 Å². The third-order valence-electron chi connectivity index (χ3n) is 3.58. The van der Waals surface area contributed by atoms with Gasteiger partial charge in [-0.3, -0.25) is 4.98 Å². The number of benzene rings is 1. The van der Waals surface area contributed by atoms with Crippen molar-refractivity contribution >= 4 is 44.9 Å². The lowest BCUT2D eigenvalue weighted by Gasteiger charge is -2.15. The molecule has 0 unspecified atom stereocenters. The molecule has 3 rings (SSSR count). The molecule has 0 atom stereocenters. The van der Waals surface area contributed by atoms with Crippen molar-refractivity contribution in [2.45, 2.75) is 13.3 Å². The van der Waals surface area contributed by atoms with Crippen molar-refractivity contribution in [2.24, 2.45) is 0 Å². The van der Waals surface area contributed by atoms with E-state index in [0.717, 1.165) is 23.5 Å². The summed E-state index contributed by atoms with van der Waals surface area (Å²) >= 11 is 0.942. The molecule has 0 aliphatic rings. The predicted molar refractivity (Wildman–Crippen MR) is 96.7 cm³/mol. The largest absolute Gasteiger partial charge is 0.573 e. The molecule has 0 amide bonds. The van der Waals surface area contributed by atoms with Crippen LogP contribution in [0.3, 0.4) is 0 Å².